The van der Waals surface area contributed by atoms with Crippen molar-refractivity contribution in [2.45, 2.75) is 19.3 Å². The minimum Gasteiger partial charge on any atom is -0.497 e. The number of rotatable bonds is 9. The third-order valence-corrected chi connectivity index (χ3v) is 6.82. The highest BCUT2D eigenvalue weighted by Crippen LogP contribution is 2.27. The molecule has 1 fully saturated rings. The summed E-state index contributed by atoms with van der Waals surface area (Å²) in [4.78, 5) is 19.9. The number of anilines is 2. The molecule has 0 spiro atoms. The minimum absolute atomic E-state index is 0.204. The SMILES string of the molecule is COc1ccc(Nc2nc(C(=O)NCCN3CCC(Cc4ccccc4)CC3)cc3occc23)cc1. The topological polar surface area (TPSA) is 79.6 Å². The third-order valence-electron chi connectivity index (χ3n) is 6.82. The van der Waals surface area contributed by atoms with Crippen LogP contribution < -0.4 is 15.4 Å². The van der Waals surface area contributed by atoms with Crippen LogP contribution in [0, 0.1) is 5.92 Å². The molecule has 0 saturated carbocycles. The molecule has 5 rings (SSSR count). The predicted octanol–water partition coefficient (Wildman–Crippen LogP) is 5.26. The zero-order valence-electron chi connectivity index (χ0n) is 20.6. The standard InChI is InChI=1S/C29H32N4O3/c1-35-24-9-7-23(8-10-24)31-28-25-13-18-36-27(25)20-26(32-28)29(34)30-14-17-33-15-11-22(12-16-33)19-21-5-3-2-4-6-21/h2-10,13,18,20,22H,11-12,14-17,19H2,1H3,(H,30,34)(H,31,32). The summed E-state index contributed by atoms with van der Waals surface area (Å²) in [5, 5.41) is 7.15. The van der Waals surface area contributed by atoms with Gasteiger partial charge in [-0.05, 0) is 74.2 Å². The number of carbonyl (C=O) groups excluding carboxylic acids is 1. The van der Waals surface area contributed by atoms with Crippen LogP contribution in [0.25, 0.3) is 11.0 Å². The Hall–Kier alpha value is -3.84. The molecule has 0 unspecified atom stereocenters. The number of nitrogens with one attached hydrogen (secondary N) is 2. The predicted molar refractivity (Wildman–Crippen MR) is 142 cm³/mol. The van der Waals surface area contributed by atoms with Gasteiger partial charge in [0.2, 0.25) is 0 Å². The molecule has 186 valence electrons. The fraction of sp³-hybridized carbons (Fsp3) is 0.310. The van der Waals surface area contributed by atoms with Crippen molar-refractivity contribution < 1.29 is 13.9 Å². The molecule has 1 aliphatic heterocycles. The highest BCUT2D eigenvalue weighted by atomic mass is 16.5. The van der Waals surface area contributed by atoms with Gasteiger partial charge in [0.05, 0.1) is 18.8 Å². The fourth-order valence-electron chi connectivity index (χ4n) is 4.77. The lowest BCUT2D eigenvalue weighted by Gasteiger charge is -2.32. The smallest absolute Gasteiger partial charge is 0.270 e. The lowest BCUT2D eigenvalue weighted by Crippen LogP contribution is -2.40. The Kier molecular flexibility index (Phi) is 7.47. The van der Waals surface area contributed by atoms with Crippen LogP contribution in [-0.4, -0.2) is 49.1 Å². The van der Waals surface area contributed by atoms with Gasteiger partial charge in [0.15, 0.2) is 0 Å². The van der Waals surface area contributed by atoms with Gasteiger partial charge >= 0.3 is 0 Å². The van der Waals surface area contributed by atoms with Gasteiger partial charge in [0.1, 0.15) is 22.8 Å². The van der Waals surface area contributed by atoms with E-state index in [-0.39, 0.29) is 5.91 Å². The zero-order valence-corrected chi connectivity index (χ0v) is 20.6. The van der Waals surface area contributed by atoms with Crippen LogP contribution in [-0.2, 0) is 6.42 Å². The quantitative estimate of drug-likeness (QED) is 0.337. The average molecular weight is 485 g/mol. The lowest BCUT2D eigenvalue weighted by atomic mass is 9.90. The van der Waals surface area contributed by atoms with Crippen LogP contribution in [0.15, 0.2) is 77.4 Å². The molecule has 3 heterocycles. The van der Waals surface area contributed by atoms with E-state index in [9.17, 15) is 4.79 Å². The molecule has 2 aromatic heterocycles. The molecule has 7 heteroatoms. The van der Waals surface area contributed by atoms with Crippen molar-refractivity contribution in [3.8, 4) is 5.75 Å². The number of fused-ring (bicyclic) bond motifs is 1. The number of methoxy groups -OCH3 is 1. The van der Waals surface area contributed by atoms with Crippen LogP contribution in [0.1, 0.15) is 28.9 Å². The van der Waals surface area contributed by atoms with Crippen LogP contribution in [0.5, 0.6) is 5.75 Å². The first-order chi connectivity index (χ1) is 17.7. The molecule has 0 aliphatic carbocycles. The summed E-state index contributed by atoms with van der Waals surface area (Å²) in [7, 11) is 1.63. The second-order valence-electron chi connectivity index (χ2n) is 9.27. The number of hydrogen-bond donors (Lipinski definition) is 2. The number of piperidine rings is 1. The van der Waals surface area contributed by atoms with E-state index in [0.717, 1.165) is 48.8 Å². The van der Waals surface area contributed by atoms with E-state index < -0.39 is 0 Å². The van der Waals surface area contributed by atoms with Gasteiger partial charge in [-0.25, -0.2) is 4.98 Å². The van der Waals surface area contributed by atoms with E-state index in [0.29, 0.717) is 23.6 Å². The second kappa shape index (κ2) is 11.3. The molecular formula is C29H32N4O3. The molecule has 0 atom stereocenters. The van der Waals surface area contributed by atoms with Gasteiger partial charge in [-0.3, -0.25) is 4.79 Å². The number of pyridine rings is 1. The summed E-state index contributed by atoms with van der Waals surface area (Å²) < 4.78 is 10.8. The first-order valence-electron chi connectivity index (χ1n) is 12.5. The van der Waals surface area contributed by atoms with E-state index >= 15 is 0 Å². The van der Waals surface area contributed by atoms with Crippen LogP contribution in [0.4, 0.5) is 11.5 Å². The number of likely N-dealkylation sites (tertiary alicyclic amines) is 1. The van der Waals surface area contributed by atoms with Gasteiger partial charge in [-0.15, -0.1) is 0 Å². The Balaban J connectivity index is 1.14. The number of hydrogen-bond acceptors (Lipinski definition) is 6. The van der Waals surface area contributed by atoms with E-state index in [1.54, 1.807) is 19.4 Å². The van der Waals surface area contributed by atoms with Crippen LogP contribution in [0.2, 0.25) is 0 Å². The van der Waals surface area contributed by atoms with Gasteiger partial charge in [-0.1, -0.05) is 30.3 Å². The van der Waals surface area contributed by atoms with Crippen LogP contribution in [0.3, 0.4) is 0 Å². The third kappa shape index (κ3) is 5.86. The van der Waals surface area contributed by atoms with E-state index in [4.69, 9.17) is 9.15 Å². The van der Waals surface area contributed by atoms with Crippen molar-refractivity contribution in [2.75, 3.05) is 38.6 Å². The van der Waals surface area contributed by atoms with Gasteiger partial charge < -0.3 is 24.7 Å². The highest BCUT2D eigenvalue weighted by molar-refractivity contribution is 5.99. The largest absolute Gasteiger partial charge is 0.497 e. The number of furan rings is 1. The van der Waals surface area contributed by atoms with Crippen molar-refractivity contribution in [1.29, 1.82) is 0 Å². The lowest BCUT2D eigenvalue weighted by molar-refractivity contribution is 0.0939. The first-order valence-corrected chi connectivity index (χ1v) is 12.5. The van der Waals surface area contributed by atoms with Gasteiger partial charge in [0, 0.05) is 24.8 Å². The van der Waals surface area contributed by atoms with E-state index in [2.05, 4.69) is 50.8 Å². The zero-order chi connectivity index (χ0) is 24.7. The van der Waals surface area contributed by atoms with E-state index in [1.165, 1.54) is 18.4 Å². The molecule has 1 amide bonds. The Labute approximate surface area is 211 Å². The van der Waals surface area contributed by atoms with Crippen molar-refractivity contribution in [1.82, 2.24) is 15.2 Å². The summed E-state index contributed by atoms with van der Waals surface area (Å²) in [5.41, 5.74) is 3.21. The Morgan fingerprint density at radius 2 is 1.86 bits per heavy atom. The van der Waals surface area contributed by atoms with Crippen molar-refractivity contribution in [3.63, 3.8) is 0 Å². The molecule has 0 radical (unpaired) electrons. The summed E-state index contributed by atoms with van der Waals surface area (Å²) in [5.74, 6) is 1.89. The molecule has 36 heavy (non-hydrogen) atoms. The number of aromatic nitrogens is 1. The summed E-state index contributed by atoms with van der Waals surface area (Å²) in [6.07, 6.45) is 5.15. The molecule has 1 aliphatic rings. The summed E-state index contributed by atoms with van der Waals surface area (Å²) in [6.45, 7) is 3.56. The molecule has 1 saturated heterocycles. The summed E-state index contributed by atoms with van der Waals surface area (Å²) in [6, 6.07) is 21.8. The van der Waals surface area contributed by atoms with Crippen molar-refractivity contribution in [3.05, 3.63) is 84.3 Å². The van der Waals surface area contributed by atoms with E-state index in [1.807, 2.05) is 30.3 Å². The summed E-state index contributed by atoms with van der Waals surface area (Å²) >= 11 is 0. The Morgan fingerprint density at radius 1 is 1.08 bits per heavy atom. The monoisotopic (exact) mass is 484 g/mol. The Morgan fingerprint density at radius 3 is 2.61 bits per heavy atom. The van der Waals surface area contributed by atoms with Crippen molar-refractivity contribution >= 4 is 28.4 Å². The average Bonchev–Trinajstić information content (AvgIpc) is 3.40. The molecule has 2 aromatic carbocycles. The maximum atomic E-state index is 12.9. The first kappa shape index (κ1) is 23.9. The maximum absolute atomic E-state index is 12.9. The fourth-order valence-corrected chi connectivity index (χ4v) is 4.77. The van der Waals surface area contributed by atoms with Gasteiger partial charge in [0.25, 0.3) is 5.91 Å². The number of amides is 1. The molecule has 0 bridgehead atoms. The molecule has 4 aromatic rings. The van der Waals surface area contributed by atoms with Crippen molar-refractivity contribution in [2.24, 2.45) is 5.92 Å². The number of benzene rings is 2. The second-order valence-corrected chi connectivity index (χ2v) is 9.27. The number of ether oxygens (including phenoxy) is 1. The number of nitrogens with zero attached hydrogens (tertiary/aromatic N) is 2. The normalized spacial score (nSPS) is 14.6. The molecular weight excluding hydrogens is 452 g/mol. The maximum Gasteiger partial charge on any atom is 0.270 e. The Bertz CT molecular complexity index is 1280. The highest BCUT2D eigenvalue weighted by Gasteiger charge is 2.20. The molecule has 2 N–H and O–H groups in total. The van der Waals surface area contributed by atoms with Gasteiger partial charge in [-0.2, -0.15) is 0 Å². The minimum atomic E-state index is -0.204. The molecule has 7 nitrogen and oxygen atoms in total. The van der Waals surface area contributed by atoms with Crippen LogP contribution >= 0.6 is 0 Å². The number of carbonyl (C=O) groups is 1.